The largest absolute Gasteiger partial charge is 0.324 e. The average Bonchev–Trinajstić information content (AvgIpc) is 2.48. The molecule has 1 saturated heterocycles. The Balaban J connectivity index is 1.87. The summed E-state index contributed by atoms with van der Waals surface area (Å²) in [6.45, 7) is 2.88. The summed E-state index contributed by atoms with van der Waals surface area (Å²) in [7, 11) is 0. The Morgan fingerprint density at radius 3 is 3.00 bits per heavy atom. The van der Waals surface area contributed by atoms with E-state index in [1.54, 1.807) is 6.20 Å². The van der Waals surface area contributed by atoms with Crippen LogP contribution in [-0.4, -0.2) is 23.0 Å². The zero-order valence-electron chi connectivity index (χ0n) is 11.6. The molecule has 1 atom stereocenters. The zero-order valence-corrected chi connectivity index (χ0v) is 11.6. The summed E-state index contributed by atoms with van der Waals surface area (Å²) >= 11 is 0. The third-order valence-corrected chi connectivity index (χ3v) is 4.01. The van der Waals surface area contributed by atoms with E-state index in [1.165, 1.54) is 0 Å². The first-order chi connectivity index (χ1) is 9.69. The maximum absolute atomic E-state index is 12.5. The van der Waals surface area contributed by atoms with Crippen LogP contribution in [-0.2, 0) is 4.79 Å². The summed E-state index contributed by atoms with van der Waals surface area (Å²) in [5.41, 5.74) is 1.25. The molecule has 0 aliphatic carbocycles. The predicted octanol–water partition coefficient (Wildman–Crippen LogP) is 2.71. The second kappa shape index (κ2) is 5.21. The first kappa shape index (κ1) is 13.1. The van der Waals surface area contributed by atoms with E-state index in [1.807, 2.05) is 37.3 Å². The number of pyridine rings is 1. The van der Waals surface area contributed by atoms with Crippen LogP contribution in [0.1, 0.15) is 26.2 Å². The number of fused-ring (bicyclic) bond motifs is 1. The van der Waals surface area contributed by atoms with Crippen molar-refractivity contribution in [1.29, 1.82) is 0 Å². The van der Waals surface area contributed by atoms with E-state index in [-0.39, 0.29) is 5.91 Å². The number of nitrogens with zero attached hydrogens (tertiary/aromatic N) is 1. The number of carbonyl (C=O) groups is 1. The van der Waals surface area contributed by atoms with Crippen molar-refractivity contribution in [2.45, 2.75) is 31.7 Å². The highest BCUT2D eigenvalue weighted by atomic mass is 16.2. The van der Waals surface area contributed by atoms with Gasteiger partial charge in [0.2, 0.25) is 5.91 Å². The highest BCUT2D eigenvalue weighted by molar-refractivity contribution is 6.04. The van der Waals surface area contributed by atoms with Gasteiger partial charge in [-0.2, -0.15) is 0 Å². The highest BCUT2D eigenvalue weighted by Gasteiger charge is 2.34. The SMILES string of the molecule is CC1(C(=O)Nc2cccc3ncccc23)CCCCN1. The second-order valence-electron chi connectivity index (χ2n) is 5.55. The van der Waals surface area contributed by atoms with Crippen LogP contribution in [0.25, 0.3) is 10.9 Å². The van der Waals surface area contributed by atoms with Gasteiger partial charge in [0.05, 0.1) is 16.7 Å². The molecule has 1 aromatic carbocycles. The minimum absolute atomic E-state index is 0.0357. The number of nitrogens with one attached hydrogen (secondary N) is 2. The molecule has 0 radical (unpaired) electrons. The van der Waals surface area contributed by atoms with E-state index in [0.717, 1.165) is 42.4 Å². The standard InChI is InChI=1S/C16H19N3O/c1-16(9-2-3-11-18-16)15(20)19-14-8-4-7-13-12(14)6-5-10-17-13/h4-8,10,18H,2-3,9,11H2,1H3,(H,19,20). The zero-order chi connectivity index (χ0) is 14.0. The highest BCUT2D eigenvalue weighted by Crippen LogP contribution is 2.25. The predicted molar refractivity (Wildman–Crippen MR) is 80.6 cm³/mol. The van der Waals surface area contributed by atoms with Crippen molar-refractivity contribution in [3.63, 3.8) is 0 Å². The third kappa shape index (κ3) is 2.39. The number of hydrogen-bond acceptors (Lipinski definition) is 3. The number of carbonyl (C=O) groups excluding carboxylic acids is 1. The van der Waals surface area contributed by atoms with Crippen LogP contribution < -0.4 is 10.6 Å². The van der Waals surface area contributed by atoms with Crippen molar-refractivity contribution in [3.05, 3.63) is 36.5 Å². The Hall–Kier alpha value is -1.94. The van der Waals surface area contributed by atoms with Crippen LogP contribution in [0.5, 0.6) is 0 Å². The number of piperidine rings is 1. The van der Waals surface area contributed by atoms with E-state index in [9.17, 15) is 4.79 Å². The fourth-order valence-electron chi connectivity index (χ4n) is 2.72. The van der Waals surface area contributed by atoms with E-state index in [2.05, 4.69) is 15.6 Å². The van der Waals surface area contributed by atoms with Crippen molar-refractivity contribution in [1.82, 2.24) is 10.3 Å². The Kier molecular flexibility index (Phi) is 3.40. The van der Waals surface area contributed by atoms with Crippen LogP contribution in [0.4, 0.5) is 5.69 Å². The van der Waals surface area contributed by atoms with E-state index in [4.69, 9.17) is 0 Å². The number of anilines is 1. The molecule has 2 heterocycles. The lowest BCUT2D eigenvalue weighted by molar-refractivity contribution is -0.122. The molecular weight excluding hydrogens is 250 g/mol. The Labute approximate surface area is 118 Å². The molecule has 20 heavy (non-hydrogen) atoms. The lowest BCUT2D eigenvalue weighted by Gasteiger charge is -2.33. The molecule has 1 fully saturated rings. The van der Waals surface area contributed by atoms with Gasteiger partial charge in [0.15, 0.2) is 0 Å². The molecule has 1 aliphatic heterocycles. The van der Waals surface area contributed by atoms with Gasteiger partial charge in [0.25, 0.3) is 0 Å². The van der Waals surface area contributed by atoms with Crippen LogP contribution in [0.3, 0.4) is 0 Å². The van der Waals surface area contributed by atoms with Gasteiger partial charge in [-0.15, -0.1) is 0 Å². The normalized spacial score (nSPS) is 22.6. The Morgan fingerprint density at radius 1 is 1.30 bits per heavy atom. The maximum Gasteiger partial charge on any atom is 0.244 e. The van der Waals surface area contributed by atoms with Gasteiger partial charge in [0, 0.05) is 11.6 Å². The van der Waals surface area contributed by atoms with Gasteiger partial charge >= 0.3 is 0 Å². The molecule has 3 rings (SSSR count). The number of rotatable bonds is 2. The summed E-state index contributed by atoms with van der Waals surface area (Å²) in [6, 6.07) is 9.66. The molecule has 1 unspecified atom stereocenters. The summed E-state index contributed by atoms with van der Waals surface area (Å²) in [4.78, 5) is 16.9. The third-order valence-electron chi connectivity index (χ3n) is 4.01. The van der Waals surface area contributed by atoms with Crippen molar-refractivity contribution in [2.75, 3.05) is 11.9 Å². The first-order valence-electron chi connectivity index (χ1n) is 7.09. The van der Waals surface area contributed by atoms with Gasteiger partial charge in [-0.1, -0.05) is 6.07 Å². The molecule has 4 heteroatoms. The van der Waals surface area contributed by atoms with E-state index >= 15 is 0 Å². The molecule has 4 nitrogen and oxygen atoms in total. The molecule has 104 valence electrons. The smallest absolute Gasteiger partial charge is 0.244 e. The summed E-state index contributed by atoms with van der Waals surface area (Å²) in [5.74, 6) is 0.0357. The Morgan fingerprint density at radius 2 is 2.20 bits per heavy atom. The van der Waals surface area contributed by atoms with E-state index in [0.29, 0.717) is 0 Å². The van der Waals surface area contributed by atoms with Gasteiger partial charge in [0.1, 0.15) is 0 Å². The molecule has 1 aromatic heterocycles. The number of hydrogen-bond donors (Lipinski definition) is 2. The monoisotopic (exact) mass is 269 g/mol. The van der Waals surface area contributed by atoms with Crippen LogP contribution in [0.15, 0.2) is 36.5 Å². The molecular formula is C16H19N3O. The molecule has 0 saturated carbocycles. The van der Waals surface area contributed by atoms with Crippen LogP contribution in [0.2, 0.25) is 0 Å². The van der Waals surface area contributed by atoms with Gasteiger partial charge in [-0.3, -0.25) is 9.78 Å². The van der Waals surface area contributed by atoms with Crippen molar-refractivity contribution in [3.8, 4) is 0 Å². The summed E-state index contributed by atoms with van der Waals surface area (Å²) < 4.78 is 0. The Bertz CT molecular complexity index is 627. The first-order valence-corrected chi connectivity index (χ1v) is 7.09. The molecule has 2 aromatic rings. The van der Waals surface area contributed by atoms with Crippen molar-refractivity contribution < 1.29 is 4.79 Å². The van der Waals surface area contributed by atoms with Crippen LogP contribution >= 0.6 is 0 Å². The fourth-order valence-corrected chi connectivity index (χ4v) is 2.72. The molecule has 1 aliphatic rings. The number of amides is 1. The lowest BCUT2D eigenvalue weighted by Crippen LogP contribution is -2.54. The lowest BCUT2D eigenvalue weighted by atomic mass is 9.90. The molecule has 1 amide bonds. The summed E-state index contributed by atoms with van der Waals surface area (Å²) in [5, 5.41) is 7.36. The van der Waals surface area contributed by atoms with Gasteiger partial charge < -0.3 is 10.6 Å². The molecule has 0 bridgehead atoms. The summed E-state index contributed by atoms with van der Waals surface area (Å²) in [6.07, 6.45) is 4.87. The molecule has 0 spiro atoms. The van der Waals surface area contributed by atoms with E-state index < -0.39 is 5.54 Å². The van der Waals surface area contributed by atoms with Gasteiger partial charge in [-0.05, 0) is 57.0 Å². The quantitative estimate of drug-likeness (QED) is 0.881. The van der Waals surface area contributed by atoms with Crippen molar-refractivity contribution >= 4 is 22.5 Å². The fraction of sp³-hybridized carbons (Fsp3) is 0.375. The van der Waals surface area contributed by atoms with Crippen LogP contribution in [0, 0.1) is 0 Å². The maximum atomic E-state index is 12.5. The van der Waals surface area contributed by atoms with Gasteiger partial charge in [-0.25, -0.2) is 0 Å². The second-order valence-corrected chi connectivity index (χ2v) is 5.55. The number of benzene rings is 1. The average molecular weight is 269 g/mol. The minimum atomic E-state index is -0.470. The molecule has 2 N–H and O–H groups in total. The topological polar surface area (TPSA) is 54.0 Å². The number of aromatic nitrogens is 1. The van der Waals surface area contributed by atoms with Crippen molar-refractivity contribution in [2.24, 2.45) is 0 Å². The minimum Gasteiger partial charge on any atom is -0.324 e.